The molecule has 1 atom stereocenters. The lowest BCUT2D eigenvalue weighted by Gasteiger charge is -2.32. The monoisotopic (exact) mass is 467 g/mol. The zero-order valence-corrected chi connectivity index (χ0v) is 17.5. The Morgan fingerprint density at radius 1 is 1.16 bits per heavy atom. The number of nitrogens with zero attached hydrogens (tertiary/aromatic N) is 4. The number of nitrogens with one attached hydrogen (secondary N) is 1. The molecule has 1 aliphatic rings. The Kier molecular flexibility index (Phi) is 6.26. The van der Waals surface area contributed by atoms with Gasteiger partial charge in [0.05, 0.1) is 41.4 Å². The molecule has 0 saturated carbocycles. The van der Waals surface area contributed by atoms with Gasteiger partial charge in [-0.25, -0.2) is 4.39 Å². The molecule has 32 heavy (non-hydrogen) atoms. The number of aromatic nitrogens is 3. The number of carbonyl (C=O) groups excluding carboxylic acids is 2. The van der Waals surface area contributed by atoms with Crippen LogP contribution in [0.2, 0.25) is 0 Å². The topological polar surface area (TPSA) is 80.1 Å². The van der Waals surface area contributed by atoms with Crippen molar-refractivity contribution < 1.29 is 27.2 Å². The molecule has 7 nitrogen and oxygen atoms in total. The summed E-state index contributed by atoms with van der Waals surface area (Å²) < 4.78 is 53.2. The van der Waals surface area contributed by atoms with Gasteiger partial charge in [0.25, 0.3) is 11.8 Å². The van der Waals surface area contributed by atoms with E-state index >= 15 is 0 Å². The van der Waals surface area contributed by atoms with Gasteiger partial charge in [-0.1, -0.05) is 0 Å². The highest BCUT2D eigenvalue weighted by Gasteiger charge is 2.36. The van der Waals surface area contributed by atoms with Crippen molar-refractivity contribution in [2.24, 2.45) is 0 Å². The first kappa shape index (κ1) is 23.3. The Hall–Kier alpha value is -3.41. The first-order valence-corrected chi connectivity index (χ1v) is 9.13. The van der Waals surface area contributed by atoms with E-state index in [-0.39, 0.29) is 48.7 Å². The van der Waals surface area contributed by atoms with Crippen LogP contribution in [0.25, 0.3) is 0 Å². The van der Waals surface area contributed by atoms with Gasteiger partial charge >= 0.3 is 6.18 Å². The normalized spacial score (nSPS) is 15.7. The third-order valence-corrected chi connectivity index (χ3v) is 4.82. The van der Waals surface area contributed by atoms with Crippen LogP contribution in [-0.2, 0) is 6.18 Å². The minimum atomic E-state index is -4.49. The minimum absolute atomic E-state index is 0. The van der Waals surface area contributed by atoms with E-state index in [4.69, 9.17) is 0 Å². The van der Waals surface area contributed by atoms with Crippen LogP contribution in [0.5, 0.6) is 0 Å². The Bertz CT molecular complexity index is 1160. The largest absolute Gasteiger partial charge is 0.416 e. The van der Waals surface area contributed by atoms with Crippen molar-refractivity contribution in [3.63, 3.8) is 0 Å². The maximum absolute atomic E-state index is 13.3. The summed E-state index contributed by atoms with van der Waals surface area (Å²) >= 11 is 0. The number of pyridine rings is 1. The summed E-state index contributed by atoms with van der Waals surface area (Å²) in [6.45, 7) is 1.92. The Balaban J connectivity index is 0.00000289. The molecule has 3 aromatic rings. The predicted octanol–water partition coefficient (Wildman–Crippen LogP) is 4.02. The molecule has 2 aromatic heterocycles. The van der Waals surface area contributed by atoms with Gasteiger partial charge in [0, 0.05) is 18.3 Å². The summed E-state index contributed by atoms with van der Waals surface area (Å²) in [6.07, 6.45) is -1.05. The maximum Gasteiger partial charge on any atom is 0.416 e. The van der Waals surface area contributed by atoms with Crippen molar-refractivity contribution in [2.75, 3.05) is 16.8 Å². The Labute approximate surface area is 186 Å². The number of anilines is 2. The summed E-state index contributed by atoms with van der Waals surface area (Å²) in [7, 11) is 0. The number of fused-ring (bicyclic) bond motifs is 1. The summed E-state index contributed by atoms with van der Waals surface area (Å²) in [5.74, 6) is -1.92. The minimum Gasteiger partial charge on any atom is -0.320 e. The van der Waals surface area contributed by atoms with Crippen LogP contribution in [-0.4, -0.2) is 33.1 Å². The summed E-state index contributed by atoms with van der Waals surface area (Å²) in [6, 6.07) is 4.93. The fourth-order valence-electron chi connectivity index (χ4n) is 3.36. The second kappa shape index (κ2) is 8.61. The lowest BCUT2D eigenvalue weighted by molar-refractivity contribution is -0.137. The fourth-order valence-corrected chi connectivity index (χ4v) is 3.36. The molecule has 4 rings (SSSR count). The number of halogens is 4. The van der Waals surface area contributed by atoms with Crippen LogP contribution in [0.3, 0.4) is 0 Å². The standard InChI is InChI=1S/C20H15F4N5O2.H2S/c1-11-10-28(15-4-2-12(3-5-15)20(22,23)24)19(31)17-16(9-26-29(11)17)18(30)27-14-6-13(21)7-25-8-14;/h2-9,11H,10H2,1H3,(H,27,30);1H2/t11-;/m0./s1. The highest BCUT2D eigenvalue weighted by atomic mass is 32.1. The number of carbonyl (C=O) groups is 2. The van der Waals surface area contributed by atoms with E-state index in [1.807, 2.05) is 0 Å². The van der Waals surface area contributed by atoms with Gasteiger partial charge in [-0.05, 0) is 31.2 Å². The summed E-state index contributed by atoms with van der Waals surface area (Å²) in [5.41, 5.74) is -0.528. The smallest absolute Gasteiger partial charge is 0.320 e. The third-order valence-electron chi connectivity index (χ3n) is 4.82. The first-order valence-electron chi connectivity index (χ1n) is 9.13. The Morgan fingerprint density at radius 3 is 2.47 bits per heavy atom. The SMILES string of the molecule is C[C@H]1CN(c2ccc(C(F)(F)F)cc2)C(=O)c2c(C(=O)Nc3cncc(F)c3)cnn21.S. The van der Waals surface area contributed by atoms with E-state index in [1.54, 1.807) is 6.92 Å². The van der Waals surface area contributed by atoms with Crippen molar-refractivity contribution >= 4 is 36.7 Å². The molecule has 0 spiro atoms. The number of hydrogen-bond acceptors (Lipinski definition) is 4. The molecule has 2 amide bonds. The predicted molar refractivity (Wildman–Crippen MR) is 113 cm³/mol. The van der Waals surface area contributed by atoms with Crippen molar-refractivity contribution in [3.8, 4) is 0 Å². The van der Waals surface area contributed by atoms with Gasteiger partial charge in [-0.3, -0.25) is 19.3 Å². The molecule has 1 N–H and O–H groups in total. The average molecular weight is 467 g/mol. The quantitative estimate of drug-likeness (QED) is 0.590. The molecule has 0 fully saturated rings. The first-order chi connectivity index (χ1) is 14.6. The molecule has 0 saturated heterocycles. The van der Waals surface area contributed by atoms with Gasteiger partial charge in [0.1, 0.15) is 11.5 Å². The molecular weight excluding hydrogens is 450 g/mol. The molecule has 0 unspecified atom stereocenters. The molecule has 0 radical (unpaired) electrons. The molecule has 0 aliphatic carbocycles. The molecule has 1 aliphatic heterocycles. The zero-order chi connectivity index (χ0) is 22.3. The summed E-state index contributed by atoms with van der Waals surface area (Å²) in [4.78, 5) is 30.8. The number of hydrogen-bond donors (Lipinski definition) is 1. The average Bonchev–Trinajstić information content (AvgIpc) is 3.16. The van der Waals surface area contributed by atoms with E-state index in [0.29, 0.717) is 0 Å². The van der Waals surface area contributed by atoms with Crippen molar-refractivity contribution in [1.29, 1.82) is 0 Å². The maximum atomic E-state index is 13.3. The van der Waals surface area contributed by atoms with Gasteiger partial charge < -0.3 is 10.2 Å². The van der Waals surface area contributed by atoms with Crippen molar-refractivity contribution in [3.05, 3.63) is 71.6 Å². The highest BCUT2D eigenvalue weighted by molar-refractivity contribution is 7.59. The number of benzene rings is 1. The lowest BCUT2D eigenvalue weighted by atomic mass is 10.1. The second-order valence-corrected chi connectivity index (χ2v) is 7.01. The zero-order valence-electron chi connectivity index (χ0n) is 16.5. The van der Waals surface area contributed by atoms with E-state index in [1.165, 1.54) is 34.1 Å². The van der Waals surface area contributed by atoms with Gasteiger partial charge in [0.2, 0.25) is 0 Å². The molecular formula is C20H17F4N5O2S. The van der Waals surface area contributed by atoms with E-state index in [9.17, 15) is 27.2 Å². The molecule has 168 valence electrons. The van der Waals surface area contributed by atoms with Gasteiger partial charge in [-0.15, -0.1) is 0 Å². The molecule has 12 heteroatoms. The van der Waals surface area contributed by atoms with Crippen LogP contribution in [0.4, 0.5) is 28.9 Å². The summed E-state index contributed by atoms with van der Waals surface area (Å²) in [5, 5.41) is 6.57. The number of rotatable bonds is 3. The molecule has 1 aromatic carbocycles. The highest BCUT2D eigenvalue weighted by Crippen LogP contribution is 2.33. The van der Waals surface area contributed by atoms with Crippen molar-refractivity contribution in [1.82, 2.24) is 14.8 Å². The number of alkyl halides is 3. The fraction of sp³-hybridized carbons (Fsp3) is 0.200. The molecule has 3 heterocycles. The van der Waals surface area contributed by atoms with Crippen LogP contribution in [0.1, 0.15) is 39.4 Å². The van der Waals surface area contributed by atoms with E-state index < -0.39 is 29.4 Å². The van der Waals surface area contributed by atoms with Crippen molar-refractivity contribution in [2.45, 2.75) is 19.1 Å². The van der Waals surface area contributed by atoms with Gasteiger partial charge in [0.15, 0.2) is 0 Å². The molecule has 0 bridgehead atoms. The number of amides is 2. The van der Waals surface area contributed by atoms with Crippen LogP contribution in [0, 0.1) is 5.82 Å². The third kappa shape index (κ3) is 4.31. The van der Waals surface area contributed by atoms with Gasteiger partial charge in [-0.2, -0.15) is 31.8 Å². The van der Waals surface area contributed by atoms with Crippen LogP contribution >= 0.6 is 13.5 Å². The lowest BCUT2D eigenvalue weighted by Crippen LogP contribution is -2.43. The van der Waals surface area contributed by atoms with Crippen LogP contribution < -0.4 is 10.2 Å². The van der Waals surface area contributed by atoms with E-state index in [2.05, 4.69) is 15.4 Å². The van der Waals surface area contributed by atoms with E-state index in [0.717, 1.165) is 24.4 Å². The second-order valence-electron chi connectivity index (χ2n) is 7.01. The Morgan fingerprint density at radius 2 is 1.84 bits per heavy atom. The van der Waals surface area contributed by atoms with Crippen LogP contribution in [0.15, 0.2) is 48.9 Å².